The van der Waals surface area contributed by atoms with Crippen molar-refractivity contribution < 1.29 is 0 Å². The second kappa shape index (κ2) is 4.10. The van der Waals surface area contributed by atoms with E-state index >= 15 is 0 Å². The van der Waals surface area contributed by atoms with Crippen molar-refractivity contribution in [1.29, 1.82) is 5.26 Å². The van der Waals surface area contributed by atoms with Crippen molar-refractivity contribution >= 4 is 5.69 Å². The van der Waals surface area contributed by atoms with Crippen molar-refractivity contribution in [3.63, 3.8) is 0 Å². The predicted molar refractivity (Wildman–Crippen MR) is 55.0 cm³/mol. The van der Waals surface area contributed by atoms with Crippen LogP contribution in [-0.4, -0.2) is 18.1 Å². The molecule has 2 rings (SSSR count). The van der Waals surface area contributed by atoms with Crippen LogP contribution in [0.4, 0.5) is 5.69 Å². The fourth-order valence-corrected chi connectivity index (χ4v) is 1.87. The van der Waals surface area contributed by atoms with Crippen LogP contribution in [0, 0.1) is 11.3 Å². The largest absolute Gasteiger partial charge is 0.369 e. The molecular weight excluding hydrogens is 174 g/mol. The molecule has 3 nitrogen and oxygen atoms in total. The number of nitrogens with zero attached hydrogens (tertiary/aromatic N) is 3. The molecule has 0 atom stereocenters. The third kappa shape index (κ3) is 1.69. The van der Waals surface area contributed by atoms with E-state index in [0.29, 0.717) is 5.69 Å². The Bertz CT molecular complexity index is 348. The van der Waals surface area contributed by atoms with Gasteiger partial charge in [0.1, 0.15) is 6.07 Å². The van der Waals surface area contributed by atoms with Gasteiger partial charge in [-0.2, -0.15) is 5.26 Å². The number of piperidine rings is 1. The number of pyridine rings is 1. The van der Waals surface area contributed by atoms with Crippen molar-refractivity contribution in [3.8, 4) is 6.07 Å². The molecule has 0 spiro atoms. The fraction of sp³-hybridized carbons (Fsp3) is 0.455. The van der Waals surface area contributed by atoms with Gasteiger partial charge in [0.25, 0.3) is 0 Å². The molecule has 0 aromatic carbocycles. The Morgan fingerprint density at radius 3 is 2.79 bits per heavy atom. The van der Waals surface area contributed by atoms with Crippen molar-refractivity contribution in [1.82, 2.24) is 4.98 Å². The van der Waals surface area contributed by atoms with Crippen LogP contribution in [-0.2, 0) is 0 Å². The summed E-state index contributed by atoms with van der Waals surface area (Å²) in [7, 11) is 0. The number of anilines is 1. The van der Waals surface area contributed by atoms with Gasteiger partial charge >= 0.3 is 0 Å². The lowest BCUT2D eigenvalue weighted by Gasteiger charge is -2.28. The average molecular weight is 187 g/mol. The van der Waals surface area contributed by atoms with E-state index < -0.39 is 0 Å². The highest BCUT2D eigenvalue weighted by atomic mass is 15.1. The Morgan fingerprint density at radius 2 is 2.07 bits per heavy atom. The van der Waals surface area contributed by atoms with E-state index in [1.165, 1.54) is 19.3 Å². The molecular formula is C11H13N3. The highest BCUT2D eigenvalue weighted by molar-refractivity contribution is 5.55. The SMILES string of the molecule is N#Cc1ncccc1N1CCCCC1. The van der Waals surface area contributed by atoms with Crippen molar-refractivity contribution in [2.24, 2.45) is 0 Å². The van der Waals surface area contributed by atoms with Crippen LogP contribution >= 0.6 is 0 Å². The summed E-state index contributed by atoms with van der Waals surface area (Å²) >= 11 is 0. The Labute approximate surface area is 84.0 Å². The van der Waals surface area contributed by atoms with Crippen LogP contribution in [0.2, 0.25) is 0 Å². The molecule has 1 aromatic heterocycles. The lowest BCUT2D eigenvalue weighted by Crippen LogP contribution is -2.30. The second-order valence-electron chi connectivity index (χ2n) is 3.53. The standard InChI is InChI=1S/C11H13N3/c12-9-10-11(5-4-6-13-10)14-7-2-1-3-8-14/h4-6H,1-3,7-8H2. The van der Waals surface area contributed by atoms with Gasteiger partial charge in [-0.1, -0.05) is 0 Å². The molecule has 0 N–H and O–H groups in total. The quantitative estimate of drug-likeness (QED) is 0.674. The minimum absolute atomic E-state index is 0.550. The Hall–Kier alpha value is -1.56. The smallest absolute Gasteiger partial charge is 0.163 e. The molecule has 1 aliphatic heterocycles. The van der Waals surface area contributed by atoms with Gasteiger partial charge in [0, 0.05) is 19.3 Å². The molecule has 3 heteroatoms. The minimum atomic E-state index is 0.550. The van der Waals surface area contributed by atoms with Gasteiger partial charge in [-0.3, -0.25) is 0 Å². The number of hydrogen-bond donors (Lipinski definition) is 0. The number of hydrogen-bond acceptors (Lipinski definition) is 3. The number of aromatic nitrogens is 1. The van der Waals surface area contributed by atoms with Gasteiger partial charge in [-0.25, -0.2) is 4.98 Å². The average Bonchev–Trinajstić information content (AvgIpc) is 2.30. The summed E-state index contributed by atoms with van der Waals surface area (Å²) in [6, 6.07) is 6.02. The summed E-state index contributed by atoms with van der Waals surface area (Å²) in [6.45, 7) is 2.11. The van der Waals surface area contributed by atoms with E-state index in [4.69, 9.17) is 5.26 Å². The summed E-state index contributed by atoms with van der Waals surface area (Å²) in [5.41, 5.74) is 1.55. The molecule has 1 aliphatic rings. The van der Waals surface area contributed by atoms with Crippen molar-refractivity contribution in [2.45, 2.75) is 19.3 Å². The summed E-state index contributed by atoms with van der Waals surface area (Å²) in [4.78, 5) is 6.33. The molecule has 1 fully saturated rings. The molecule has 0 radical (unpaired) electrons. The maximum Gasteiger partial charge on any atom is 0.163 e. The molecule has 0 saturated carbocycles. The Morgan fingerprint density at radius 1 is 1.29 bits per heavy atom. The van der Waals surface area contributed by atoms with Gasteiger partial charge in [0.05, 0.1) is 5.69 Å². The van der Waals surface area contributed by atoms with Crippen LogP contribution < -0.4 is 4.90 Å². The Balaban J connectivity index is 2.26. The fourth-order valence-electron chi connectivity index (χ4n) is 1.87. The van der Waals surface area contributed by atoms with E-state index in [1.807, 2.05) is 12.1 Å². The third-order valence-electron chi connectivity index (χ3n) is 2.59. The van der Waals surface area contributed by atoms with Crippen molar-refractivity contribution in [3.05, 3.63) is 24.0 Å². The summed E-state index contributed by atoms with van der Waals surface area (Å²) < 4.78 is 0. The lowest BCUT2D eigenvalue weighted by atomic mass is 10.1. The zero-order chi connectivity index (χ0) is 9.80. The summed E-state index contributed by atoms with van der Waals surface area (Å²) in [5.74, 6) is 0. The molecule has 0 aliphatic carbocycles. The van der Waals surface area contributed by atoms with Gasteiger partial charge in [-0.15, -0.1) is 0 Å². The molecule has 0 unspecified atom stereocenters. The first-order chi connectivity index (χ1) is 6.92. The highest BCUT2D eigenvalue weighted by Gasteiger charge is 2.14. The van der Waals surface area contributed by atoms with E-state index in [-0.39, 0.29) is 0 Å². The monoisotopic (exact) mass is 187 g/mol. The normalized spacial score (nSPS) is 16.4. The third-order valence-corrected chi connectivity index (χ3v) is 2.59. The second-order valence-corrected chi connectivity index (χ2v) is 3.53. The maximum atomic E-state index is 8.91. The zero-order valence-corrected chi connectivity index (χ0v) is 8.11. The molecule has 72 valence electrons. The van der Waals surface area contributed by atoms with Crippen LogP contribution in [0.15, 0.2) is 18.3 Å². The van der Waals surface area contributed by atoms with Crippen LogP contribution in [0.1, 0.15) is 25.0 Å². The lowest BCUT2D eigenvalue weighted by molar-refractivity contribution is 0.577. The summed E-state index contributed by atoms with van der Waals surface area (Å²) in [5, 5.41) is 8.91. The molecule has 14 heavy (non-hydrogen) atoms. The highest BCUT2D eigenvalue weighted by Crippen LogP contribution is 2.21. The molecule has 1 aromatic rings. The van der Waals surface area contributed by atoms with Gasteiger partial charge < -0.3 is 4.90 Å². The Kier molecular flexibility index (Phi) is 2.64. The first-order valence-electron chi connectivity index (χ1n) is 5.02. The predicted octanol–water partition coefficient (Wildman–Crippen LogP) is 1.94. The van der Waals surface area contributed by atoms with Gasteiger partial charge in [0.15, 0.2) is 5.69 Å². The first-order valence-corrected chi connectivity index (χ1v) is 5.02. The molecule has 1 saturated heterocycles. The van der Waals surface area contributed by atoms with Gasteiger partial charge in [-0.05, 0) is 31.4 Å². The van der Waals surface area contributed by atoms with Crippen LogP contribution in [0.25, 0.3) is 0 Å². The van der Waals surface area contributed by atoms with E-state index in [0.717, 1.165) is 18.8 Å². The van der Waals surface area contributed by atoms with Crippen LogP contribution in [0.3, 0.4) is 0 Å². The summed E-state index contributed by atoms with van der Waals surface area (Å²) in [6.07, 6.45) is 5.42. The molecule has 0 amide bonds. The van der Waals surface area contributed by atoms with Gasteiger partial charge in [0.2, 0.25) is 0 Å². The zero-order valence-electron chi connectivity index (χ0n) is 8.11. The van der Waals surface area contributed by atoms with Crippen molar-refractivity contribution in [2.75, 3.05) is 18.0 Å². The first kappa shape index (κ1) is 9.01. The molecule has 2 heterocycles. The van der Waals surface area contributed by atoms with Crippen LogP contribution in [0.5, 0.6) is 0 Å². The number of rotatable bonds is 1. The molecule has 0 bridgehead atoms. The van der Waals surface area contributed by atoms with E-state index in [2.05, 4.69) is 16.0 Å². The number of nitriles is 1. The van der Waals surface area contributed by atoms with E-state index in [9.17, 15) is 0 Å². The minimum Gasteiger partial charge on any atom is -0.369 e. The van der Waals surface area contributed by atoms with E-state index in [1.54, 1.807) is 6.20 Å². The maximum absolute atomic E-state index is 8.91. The topological polar surface area (TPSA) is 39.9 Å².